The van der Waals surface area contributed by atoms with E-state index in [4.69, 9.17) is 9.47 Å². The number of carbonyl (C=O) groups is 2. The van der Waals surface area contributed by atoms with Gasteiger partial charge in [-0.15, -0.1) is 0 Å². The fourth-order valence-electron chi connectivity index (χ4n) is 3.14. The number of pyridine rings is 1. The number of fused-ring (bicyclic) bond motifs is 1. The Kier molecular flexibility index (Phi) is 5.39. The second-order valence-corrected chi connectivity index (χ2v) is 5.80. The van der Waals surface area contributed by atoms with Gasteiger partial charge in [-0.25, -0.2) is 4.79 Å². The van der Waals surface area contributed by atoms with Gasteiger partial charge in [0.2, 0.25) is 0 Å². The Labute approximate surface area is 160 Å². The fourth-order valence-corrected chi connectivity index (χ4v) is 3.14. The molecule has 144 valence electrons. The van der Waals surface area contributed by atoms with Crippen LogP contribution in [0.25, 0.3) is 16.6 Å². The number of esters is 1. The van der Waals surface area contributed by atoms with Crippen LogP contribution in [-0.4, -0.2) is 34.8 Å². The highest BCUT2D eigenvalue weighted by Gasteiger charge is 2.27. The molecule has 0 saturated carbocycles. The van der Waals surface area contributed by atoms with Crippen molar-refractivity contribution in [3.63, 3.8) is 0 Å². The molecule has 0 unspecified atom stereocenters. The van der Waals surface area contributed by atoms with E-state index >= 15 is 0 Å². The molecule has 3 rings (SSSR count). The summed E-state index contributed by atoms with van der Waals surface area (Å²) in [6.07, 6.45) is 2.27. The number of nitro benzene ring substituents is 1. The smallest absolute Gasteiger partial charge is 0.340 e. The average molecular weight is 382 g/mol. The summed E-state index contributed by atoms with van der Waals surface area (Å²) in [6.45, 7) is 3.83. The Morgan fingerprint density at radius 3 is 2.64 bits per heavy atom. The van der Waals surface area contributed by atoms with Gasteiger partial charge in [0.25, 0.3) is 0 Å². The first-order valence-corrected chi connectivity index (χ1v) is 8.70. The number of ether oxygens (including phenoxy) is 2. The van der Waals surface area contributed by atoms with E-state index in [1.165, 1.54) is 12.1 Å². The minimum Gasteiger partial charge on any atom is -0.487 e. The molecule has 0 aliphatic heterocycles. The highest BCUT2D eigenvalue weighted by Crippen LogP contribution is 2.38. The zero-order valence-electron chi connectivity index (χ0n) is 15.4. The first-order chi connectivity index (χ1) is 13.5. The predicted octanol–water partition coefficient (Wildman–Crippen LogP) is 3.90. The Hall–Kier alpha value is -3.68. The lowest BCUT2D eigenvalue weighted by Crippen LogP contribution is -2.06. The summed E-state index contributed by atoms with van der Waals surface area (Å²) in [6, 6.07) is 9.49. The van der Waals surface area contributed by atoms with Crippen LogP contribution in [0.2, 0.25) is 0 Å². The number of rotatable bonds is 7. The summed E-state index contributed by atoms with van der Waals surface area (Å²) in [4.78, 5) is 35.5. The summed E-state index contributed by atoms with van der Waals surface area (Å²) in [5.74, 6) is -0.490. The molecule has 8 nitrogen and oxygen atoms in total. The molecular formula is C20H18N2O6. The molecule has 2 aromatic heterocycles. The molecule has 1 aromatic carbocycles. The number of aldehydes is 1. The standard InChI is InChI=1S/C20H18N2O6/c1-3-27-17-9-8-13(11-15(17)22(25)26)18-16(12-23)21-10-6-5-7-14(21)19(18)20(24)28-4-2/h5-12H,3-4H2,1-2H3. The predicted molar refractivity (Wildman–Crippen MR) is 102 cm³/mol. The molecule has 3 aromatic rings. The van der Waals surface area contributed by atoms with E-state index in [1.807, 2.05) is 0 Å². The van der Waals surface area contributed by atoms with E-state index in [0.29, 0.717) is 17.4 Å². The van der Waals surface area contributed by atoms with Gasteiger partial charge < -0.3 is 13.9 Å². The monoisotopic (exact) mass is 382 g/mol. The lowest BCUT2D eigenvalue weighted by Gasteiger charge is -2.08. The van der Waals surface area contributed by atoms with Gasteiger partial charge >= 0.3 is 11.7 Å². The van der Waals surface area contributed by atoms with Crippen LogP contribution >= 0.6 is 0 Å². The van der Waals surface area contributed by atoms with Crippen LogP contribution < -0.4 is 4.74 Å². The Bertz CT molecular complexity index is 1070. The van der Waals surface area contributed by atoms with Gasteiger partial charge in [0.1, 0.15) is 0 Å². The molecule has 0 saturated heterocycles. The quantitative estimate of drug-likeness (QED) is 0.266. The van der Waals surface area contributed by atoms with E-state index < -0.39 is 10.9 Å². The maximum absolute atomic E-state index is 12.7. The third-order valence-corrected chi connectivity index (χ3v) is 4.22. The van der Waals surface area contributed by atoms with Crippen LogP contribution in [0.1, 0.15) is 34.7 Å². The van der Waals surface area contributed by atoms with Crippen LogP contribution in [-0.2, 0) is 4.74 Å². The highest BCUT2D eigenvalue weighted by atomic mass is 16.6. The average Bonchev–Trinajstić information content (AvgIpc) is 3.03. The van der Waals surface area contributed by atoms with Crippen molar-refractivity contribution in [2.75, 3.05) is 13.2 Å². The number of benzene rings is 1. The molecule has 0 spiro atoms. The minimum absolute atomic E-state index is 0.116. The van der Waals surface area contributed by atoms with Crippen molar-refractivity contribution in [3.05, 3.63) is 64.0 Å². The lowest BCUT2D eigenvalue weighted by molar-refractivity contribution is -0.385. The van der Waals surface area contributed by atoms with Gasteiger partial charge in [-0.1, -0.05) is 12.1 Å². The van der Waals surface area contributed by atoms with E-state index in [2.05, 4.69) is 0 Å². The number of aromatic nitrogens is 1. The summed E-state index contributed by atoms with van der Waals surface area (Å²) in [5, 5.41) is 11.5. The molecule has 0 aliphatic carbocycles. The van der Waals surface area contributed by atoms with Crippen molar-refractivity contribution in [1.82, 2.24) is 4.40 Å². The third-order valence-electron chi connectivity index (χ3n) is 4.22. The normalized spacial score (nSPS) is 10.6. The van der Waals surface area contributed by atoms with Gasteiger partial charge in [0.05, 0.1) is 34.9 Å². The zero-order chi connectivity index (χ0) is 20.3. The molecule has 0 atom stereocenters. The van der Waals surface area contributed by atoms with E-state index in [1.54, 1.807) is 48.7 Å². The highest BCUT2D eigenvalue weighted by molar-refractivity contribution is 6.09. The van der Waals surface area contributed by atoms with Gasteiger partial charge in [-0.05, 0) is 37.6 Å². The fraction of sp³-hybridized carbons (Fsp3) is 0.200. The van der Waals surface area contributed by atoms with Gasteiger partial charge in [-0.2, -0.15) is 0 Å². The first-order valence-electron chi connectivity index (χ1n) is 8.70. The lowest BCUT2D eigenvalue weighted by atomic mass is 10.00. The molecule has 8 heteroatoms. The van der Waals surface area contributed by atoms with Crippen LogP contribution in [0, 0.1) is 10.1 Å². The summed E-state index contributed by atoms with van der Waals surface area (Å²) < 4.78 is 12.0. The van der Waals surface area contributed by atoms with Crippen molar-refractivity contribution < 1.29 is 24.0 Å². The Morgan fingerprint density at radius 1 is 1.21 bits per heavy atom. The van der Waals surface area contributed by atoms with Crippen LogP contribution in [0.5, 0.6) is 5.75 Å². The van der Waals surface area contributed by atoms with Crippen molar-refractivity contribution in [3.8, 4) is 16.9 Å². The largest absolute Gasteiger partial charge is 0.487 e. The first kappa shape index (κ1) is 19.1. The topological polar surface area (TPSA) is 100 Å². The van der Waals surface area contributed by atoms with E-state index in [0.717, 1.165) is 0 Å². The molecule has 0 aliphatic rings. The van der Waals surface area contributed by atoms with Crippen molar-refractivity contribution in [1.29, 1.82) is 0 Å². The molecule has 28 heavy (non-hydrogen) atoms. The zero-order valence-corrected chi connectivity index (χ0v) is 15.4. The molecule has 0 fully saturated rings. The Morgan fingerprint density at radius 2 is 2.00 bits per heavy atom. The van der Waals surface area contributed by atoms with Crippen molar-refractivity contribution in [2.45, 2.75) is 13.8 Å². The van der Waals surface area contributed by atoms with Gasteiger partial charge in [0, 0.05) is 17.8 Å². The molecular weight excluding hydrogens is 364 g/mol. The van der Waals surface area contributed by atoms with Gasteiger partial charge in [-0.3, -0.25) is 14.9 Å². The minimum atomic E-state index is -0.606. The van der Waals surface area contributed by atoms with Crippen LogP contribution in [0.4, 0.5) is 5.69 Å². The second-order valence-electron chi connectivity index (χ2n) is 5.80. The number of hydrogen-bond acceptors (Lipinski definition) is 6. The summed E-state index contributed by atoms with van der Waals surface area (Å²) in [5.41, 5.74) is 1.26. The van der Waals surface area contributed by atoms with Crippen LogP contribution in [0.3, 0.4) is 0 Å². The molecule has 2 heterocycles. The SMILES string of the molecule is CCOC(=O)c1c(-c2ccc(OCC)c([N+](=O)[O-])c2)c(C=O)n2ccccc12. The second kappa shape index (κ2) is 7.91. The summed E-state index contributed by atoms with van der Waals surface area (Å²) in [7, 11) is 0. The molecule has 0 radical (unpaired) electrons. The maximum Gasteiger partial charge on any atom is 0.340 e. The molecule has 0 N–H and O–H groups in total. The number of nitrogens with zero attached hydrogens (tertiary/aromatic N) is 2. The number of carbonyl (C=O) groups excluding carboxylic acids is 2. The molecule has 0 amide bonds. The number of hydrogen-bond donors (Lipinski definition) is 0. The van der Waals surface area contributed by atoms with Gasteiger partial charge in [0.15, 0.2) is 12.0 Å². The van der Waals surface area contributed by atoms with Crippen molar-refractivity contribution >= 4 is 23.5 Å². The Balaban J connectivity index is 2.35. The molecule has 0 bridgehead atoms. The summed E-state index contributed by atoms with van der Waals surface area (Å²) >= 11 is 0. The third kappa shape index (κ3) is 3.20. The van der Waals surface area contributed by atoms with Crippen molar-refractivity contribution in [2.24, 2.45) is 0 Å². The number of nitro groups is 1. The van der Waals surface area contributed by atoms with E-state index in [-0.39, 0.29) is 41.5 Å². The maximum atomic E-state index is 12.7. The van der Waals surface area contributed by atoms with E-state index in [9.17, 15) is 19.7 Å². The van der Waals surface area contributed by atoms with Crippen LogP contribution in [0.15, 0.2) is 42.6 Å².